The lowest BCUT2D eigenvalue weighted by atomic mass is 9.99. The zero-order valence-corrected chi connectivity index (χ0v) is 12.5. The van der Waals surface area contributed by atoms with E-state index in [1.807, 2.05) is 23.1 Å². The van der Waals surface area contributed by atoms with Crippen LogP contribution in [0.2, 0.25) is 0 Å². The first-order chi connectivity index (χ1) is 10.3. The second kappa shape index (κ2) is 7.05. The first kappa shape index (κ1) is 14.5. The number of hydrogen-bond acceptors (Lipinski definition) is 3. The van der Waals surface area contributed by atoms with Crippen LogP contribution in [0.4, 0.5) is 0 Å². The van der Waals surface area contributed by atoms with Crippen LogP contribution in [0.15, 0.2) is 30.3 Å². The van der Waals surface area contributed by atoms with Crippen LogP contribution in [-0.4, -0.2) is 55.1 Å². The Morgan fingerprint density at radius 1 is 1.10 bits per heavy atom. The van der Waals surface area contributed by atoms with Gasteiger partial charge in [-0.2, -0.15) is 0 Å². The van der Waals surface area contributed by atoms with E-state index in [1.165, 1.54) is 5.56 Å². The van der Waals surface area contributed by atoms with Gasteiger partial charge < -0.3 is 9.64 Å². The van der Waals surface area contributed by atoms with E-state index >= 15 is 0 Å². The average molecular weight is 288 g/mol. The molecule has 21 heavy (non-hydrogen) atoms. The fraction of sp³-hybridized carbons (Fsp3) is 0.588. The smallest absolute Gasteiger partial charge is 0.237 e. The highest BCUT2D eigenvalue weighted by atomic mass is 16.5. The van der Waals surface area contributed by atoms with Crippen molar-refractivity contribution < 1.29 is 9.53 Å². The molecule has 4 nitrogen and oxygen atoms in total. The summed E-state index contributed by atoms with van der Waals surface area (Å²) in [6.07, 6.45) is 2.27. The molecule has 0 unspecified atom stereocenters. The lowest BCUT2D eigenvalue weighted by molar-refractivity contribution is -0.137. The minimum Gasteiger partial charge on any atom is -0.381 e. The molecule has 0 aromatic heterocycles. The number of nitrogens with zero attached hydrogens (tertiary/aromatic N) is 2. The molecule has 0 saturated carbocycles. The predicted molar refractivity (Wildman–Crippen MR) is 81.8 cm³/mol. The Balaban J connectivity index is 1.48. The number of carbonyl (C=O) groups is 1. The Hall–Kier alpha value is -1.39. The highest BCUT2D eigenvalue weighted by Gasteiger charge is 2.26. The summed E-state index contributed by atoms with van der Waals surface area (Å²) in [6.45, 7) is 5.97. The quantitative estimate of drug-likeness (QED) is 0.846. The first-order valence-electron chi connectivity index (χ1n) is 7.93. The van der Waals surface area contributed by atoms with E-state index in [2.05, 4.69) is 17.0 Å². The molecule has 0 bridgehead atoms. The maximum Gasteiger partial charge on any atom is 0.237 e. The van der Waals surface area contributed by atoms with Crippen molar-refractivity contribution >= 4 is 5.91 Å². The Morgan fingerprint density at radius 3 is 2.57 bits per heavy atom. The van der Waals surface area contributed by atoms with Crippen molar-refractivity contribution in [3.05, 3.63) is 35.9 Å². The van der Waals surface area contributed by atoms with Crippen molar-refractivity contribution in [2.45, 2.75) is 19.4 Å². The van der Waals surface area contributed by atoms with Crippen molar-refractivity contribution in [3.8, 4) is 0 Å². The van der Waals surface area contributed by atoms with Crippen LogP contribution in [-0.2, 0) is 16.1 Å². The van der Waals surface area contributed by atoms with E-state index in [1.54, 1.807) is 0 Å². The predicted octanol–water partition coefficient (Wildman–Crippen LogP) is 1.76. The Labute approximate surface area is 126 Å². The van der Waals surface area contributed by atoms with Crippen LogP contribution < -0.4 is 0 Å². The summed E-state index contributed by atoms with van der Waals surface area (Å²) < 4.78 is 5.40. The van der Waals surface area contributed by atoms with Crippen LogP contribution in [0.5, 0.6) is 0 Å². The van der Waals surface area contributed by atoms with Gasteiger partial charge in [-0.05, 0) is 24.3 Å². The van der Waals surface area contributed by atoms with E-state index in [0.29, 0.717) is 12.5 Å². The number of piperazine rings is 1. The van der Waals surface area contributed by atoms with E-state index in [0.717, 1.165) is 52.2 Å². The third-order valence-electron chi connectivity index (χ3n) is 4.47. The van der Waals surface area contributed by atoms with Gasteiger partial charge in [-0.15, -0.1) is 0 Å². The SMILES string of the molecule is O=C1CN(CC2CCOCC2)CCN1Cc1ccccc1. The third kappa shape index (κ3) is 4.05. The molecule has 1 amide bonds. The highest BCUT2D eigenvalue weighted by molar-refractivity contribution is 5.79. The van der Waals surface area contributed by atoms with Gasteiger partial charge in [0.2, 0.25) is 5.91 Å². The third-order valence-corrected chi connectivity index (χ3v) is 4.47. The molecule has 2 aliphatic rings. The molecule has 3 rings (SSSR count). The summed E-state index contributed by atoms with van der Waals surface area (Å²) in [4.78, 5) is 16.6. The molecule has 2 saturated heterocycles. The lowest BCUT2D eigenvalue weighted by Gasteiger charge is -2.36. The monoisotopic (exact) mass is 288 g/mol. The first-order valence-corrected chi connectivity index (χ1v) is 7.93. The van der Waals surface area contributed by atoms with Crippen LogP contribution in [0.1, 0.15) is 18.4 Å². The van der Waals surface area contributed by atoms with Gasteiger partial charge >= 0.3 is 0 Å². The standard InChI is InChI=1S/C17H24N2O2/c20-17-14-18(12-16-6-10-21-11-7-16)8-9-19(17)13-15-4-2-1-3-5-15/h1-5,16H,6-14H2. The van der Waals surface area contributed by atoms with Crippen LogP contribution >= 0.6 is 0 Å². The summed E-state index contributed by atoms with van der Waals surface area (Å²) in [5.41, 5.74) is 1.21. The van der Waals surface area contributed by atoms with Crippen molar-refractivity contribution in [3.63, 3.8) is 0 Å². The minimum atomic E-state index is 0.261. The fourth-order valence-electron chi connectivity index (χ4n) is 3.18. The maximum atomic E-state index is 12.3. The second-order valence-corrected chi connectivity index (χ2v) is 6.09. The molecular weight excluding hydrogens is 264 g/mol. The number of carbonyl (C=O) groups excluding carboxylic acids is 1. The molecule has 2 fully saturated rings. The number of amides is 1. The van der Waals surface area contributed by atoms with E-state index in [4.69, 9.17) is 4.74 Å². The molecule has 0 atom stereocenters. The largest absolute Gasteiger partial charge is 0.381 e. The zero-order chi connectivity index (χ0) is 14.5. The molecule has 0 spiro atoms. The average Bonchev–Trinajstić information content (AvgIpc) is 2.52. The van der Waals surface area contributed by atoms with Crippen molar-refractivity contribution in [1.82, 2.24) is 9.80 Å². The molecule has 0 radical (unpaired) electrons. The molecule has 0 N–H and O–H groups in total. The summed E-state index contributed by atoms with van der Waals surface area (Å²) >= 11 is 0. The molecule has 2 aliphatic heterocycles. The molecule has 1 aromatic rings. The van der Waals surface area contributed by atoms with Crippen molar-refractivity contribution in [1.29, 1.82) is 0 Å². The molecule has 2 heterocycles. The molecule has 0 aliphatic carbocycles. The van der Waals surface area contributed by atoms with E-state index < -0.39 is 0 Å². The molecule has 1 aromatic carbocycles. The van der Waals surface area contributed by atoms with Crippen molar-refractivity contribution in [2.75, 3.05) is 39.4 Å². The molecule has 114 valence electrons. The van der Waals surface area contributed by atoms with Gasteiger partial charge in [-0.25, -0.2) is 0 Å². The lowest BCUT2D eigenvalue weighted by Crippen LogP contribution is -2.51. The van der Waals surface area contributed by atoms with Crippen molar-refractivity contribution in [2.24, 2.45) is 5.92 Å². The Kier molecular flexibility index (Phi) is 4.88. The Bertz CT molecular complexity index is 457. The summed E-state index contributed by atoms with van der Waals surface area (Å²) in [7, 11) is 0. The zero-order valence-electron chi connectivity index (χ0n) is 12.5. The number of rotatable bonds is 4. The summed E-state index contributed by atoms with van der Waals surface area (Å²) in [6, 6.07) is 10.2. The fourth-order valence-corrected chi connectivity index (χ4v) is 3.18. The van der Waals surface area contributed by atoms with Crippen LogP contribution in [0, 0.1) is 5.92 Å². The van der Waals surface area contributed by atoms with Gasteiger partial charge in [-0.3, -0.25) is 9.69 Å². The number of ether oxygens (including phenoxy) is 1. The van der Waals surface area contributed by atoms with Gasteiger partial charge in [0.05, 0.1) is 6.54 Å². The topological polar surface area (TPSA) is 32.8 Å². The molecule has 4 heteroatoms. The van der Waals surface area contributed by atoms with Crippen LogP contribution in [0.3, 0.4) is 0 Å². The maximum absolute atomic E-state index is 12.3. The van der Waals surface area contributed by atoms with Crippen LogP contribution in [0.25, 0.3) is 0 Å². The van der Waals surface area contributed by atoms with E-state index in [9.17, 15) is 4.79 Å². The van der Waals surface area contributed by atoms with Gasteiger partial charge in [0, 0.05) is 39.4 Å². The number of benzene rings is 1. The second-order valence-electron chi connectivity index (χ2n) is 6.09. The number of hydrogen-bond donors (Lipinski definition) is 0. The summed E-state index contributed by atoms with van der Waals surface area (Å²) in [5.74, 6) is 0.962. The van der Waals surface area contributed by atoms with Gasteiger partial charge in [0.25, 0.3) is 0 Å². The van der Waals surface area contributed by atoms with Gasteiger partial charge in [-0.1, -0.05) is 30.3 Å². The van der Waals surface area contributed by atoms with Gasteiger partial charge in [0.1, 0.15) is 0 Å². The summed E-state index contributed by atoms with van der Waals surface area (Å²) in [5, 5.41) is 0. The minimum absolute atomic E-state index is 0.261. The van der Waals surface area contributed by atoms with Gasteiger partial charge in [0.15, 0.2) is 0 Å². The normalized spacial score (nSPS) is 21.7. The van der Waals surface area contributed by atoms with E-state index in [-0.39, 0.29) is 5.91 Å². The Morgan fingerprint density at radius 2 is 1.86 bits per heavy atom. The molecular formula is C17H24N2O2. The highest BCUT2D eigenvalue weighted by Crippen LogP contribution is 2.18.